The number of rotatable bonds is 9. The molecule has 0 atom stereocenters. The third kappa shape index (κ3) is 6.21. The molecule has 3 N–H and O–H groups in total. The smallest absolute Gasteiger partial charge is 0.227 e. The molecule has 1 aromatic rings. The van der Waals surface area contributed by atoms with Gasteiger partial charge >= 0.3 is 0 Å². The number of methoxy groups -OCH3 is 1. The van der Waals surface area contributed by atoms with Crippen molar-refractivity contribution in [1.29, 1.82) is 0 Å². The normalized spacial score (nSPS) is 13.5. The number of carbonyl (C=O) groups excluding carboxylic acids is 2. The van der Waals surface area contributed by atoms with Crippen molar-refractivity contribution in [2.24, 2.45) is 5.73 Å². The topological polar surface area (TPSA) is 84.7 Å². The number of unbranched alkanes of at least 4 members (excludes halogenated alkanes) is 3. The summed E-state index contributed by atoms with van der Waals surface area (Å²) in [6, 6.07) is 5.42. The van der Waals surface area contributed by atoms with Gasteiger partial charge in [-0.1, -0.05) is 12.8 Å². The zero-order valence-corrected chi connectivity index (χ0v) is 15.6. The molecule has 1 saturated heterocycles. The van der Waals surface area contributed by atoms with Crippen LogP contribution in [0.1, 0.15) is 44.9 Å². The second kappa shape index (κ2) is 10.9. The Morgan fingerprint density at radius 1 is 1.28 bits per heavy atom. The maximum Gasteiger partial charge on any atom is 0.227 e. The Balaban J connectivity index is 0.00000312. The van der Waals surface area contributed by atoms with Crippen LogP contribution < -0.4 is 20.7 Å². The van der Waals surface area contributed by atoms with Gasteiger partial charge in [0.15, 0.2) is 0 Å². The molecule has 2 rings (SSSR count). The molecule has 0 radical (unpaired) electrons. The summed E-state index contributed by atoms with van der Waals surface area (Å²) in [6.07, 6.45) is 5.90. The molecule has 1 aliphatic heterocycles. The predicted molar refractivity (Wildman–Crippen MR) is 103 cm³/mol. The fourth-order valence-corrected chi connectivity index (χ4v) is 2.89. The Morgan fingerprint density at radius 3 is 2.68 bits per heavy atom. The molecule has 2 amide bonds. The number of ether oxygens (including phenoxy) is 1. The van der Waals surface area contributed by atoms with Gasteiger partial charge in [-0.15, -0.1) is 12.4 Å². The highest BCUT2D eigenvalue weighted by molar-refractivity contribution is 5.97. The van der Waals surface area contributed by atoms with Gasteiger partial charge in [-0.05, 0) is 37.9 Å². The van der Waals surface area contributed by atoms with Crippen LogP contribution in [0, 0.1) is 0 Å². The van der Waals surface area contributed by atoms with E-state index in [1.807, 2.05) is 12.1 Å². The predicted octanol–water partition coefficient (Wildman–Crippen LogP) is 3.09. The van der Waals surface area contributed by atoms with Crippen LogP contribution in [0.4, 0.5) is 11.4 Å². The third-order valence-electron chi connectivity index (χ3n) is 4.19. The van der Waals surface area contributed by atoms with E-state index >= 15 is 0 Å². The highest BCUT2D eigenvalue weighted by atomic mass is 35.5. The van der Waals surface area contributed by atoms with Gasteiger partial charge in [0.2, 0.25) is 11.8 Å². The van der Waals surface area contributed by atoms with E-state index in [1.165, 1.54) is 0 Å². The number of nitrogens with one attached hydrogen (secondary N) is 1. The van der Waals surface area contributed by atoms with Crippen molar-refractivity contribution in [2.75, 3.05) is 30.4 Å². The highest BCUT2D eigenvalue weighted by Gasteiger charge is 2.24. The van der Waals surface area contributed by atoms with Crippen molar-refractivity contribution in [3.05, 3.63) is 18.2 Å². The molecule has 25 heavy (non-hydrogen) atoms. The molecule has 0 saturated carbocycles. The Kier molecular flexibility index (Phi) is 9.31. The number of carbonyl (C=O) groups is 2. The summed E-state index contributed by atoms with van der Waals surface area (Å²) >= 11 is 0. The van der Waals surface area contributed by atoms with Gasteiger partial charge in [-0.3, -0.25) is 9.59 Å². The van der Waals surface area contributed by atoms with Crippen molar-refractivity contribution in [2.45, 2.75) is 44.9 Å². The van der Waals surface area contributed by atoms with Crippen molar-refractivity contribution < 1.29 is 14.3 Å². The summed E-state index contributed by atoms with van der Waals surface area (Å²) in [4.78, 5) is 25.6. The van der Waals surface area contributed by atoms with Crippen molar-refractivity contribution >= 4 is 35.6 Å². The maximum atomic E-state index is 12.0. The minimum atomic E-state index is -0.00481. The molecule has 7 heteroatoms. The second-order valence-electron chi connectivity index (χ2n) is 6.04. The van der Waals surface area contributed by atoms with Gasteiger partial charge < -0.3 is 20.7 Å². The average molecular weight is 370 g/mol. The number of amides is 2. The van der Waals surface area contributed by atoms with E-state index in [4.69, 9.17) is 10.5 Å². The first-order valence-electron chi connectivity index (χ1n) is 8.64. The van der Waals surface area contributed by atoms with Crippen LogP contribution in [0.3, 0.4) is 0 Å². The van der Waals surface area contributed by atoms with Crippen molar-refractivity contribution in [1.82, 2.24) is 0 Å². The first-order valence-corrected chi connectivity index (χ1v) is 8.64. The standard InChI is InChI=1S/C18H27N3O3.ClH/c1-24-16-13-14(20-17(22)7-4-2-3-5-11-19)9-10-15(16)21-12-6-8-18(21)23;/h9-10,13H,2-8,11-12,19H2,1H3,(H,20,22);1H. The number of anilines is 2. The van der Waals surface area contributed by atoms with Crippen LogP contribution in [0.15, 0.2) is 18.2 Å². The minimum absolute atomic E-state index is 0. The molecule has 1 heterocycles. The van der Waals surface area contributed by atoms with E-state index < -0.39 is 0 Å². The van der Waals surface area contributed by atoms with E-state index in [0.717, 1.165) is 37.8 Å². The number of hydrogen-bond donors (Lipinski definition) is 2. The lowest BCUT2D eigenvalue weighted by Crippen LogP contribution is -2.24. The third-order valence-corrected chi connectivity index (χ3v) is 4.19. The number of nitrogens with zero attached hydrogens (tertiary/aromatic N) is 1. The quantitative estimate of drug-likeness (QED) is 0.655. The van der Waals surface area contributed by atoms with E-state index in [9.17, 15) is 9.59 Å². The molecule has 0 aliphatic carbocycles. The zero-order valence-electron chi connectivity index (χ0n) is 14.8. The lowest BCUT2D eigenvalue weighted by Gasteiger charge is -2.19. The van der Waals surface area contributed by atoms with E-state index in [2.05, 4.69) is 5.32 Å². The van der Waals surface area contributed by atoms with Crippen LogP contribution in [-0.4, -0.2) is 32.0 Å². The molecule has 6 nitrogen and oxygen atoms in total. The molecular weight excluding hydrogens is 342 g/mol. The summed E-state index contributed by atoms with van der Waals surface area (Å²) in [5, 5.41) is 2.89. The summed E-state index contributed by atoms with van der Waals surface area (Å²) in [5.41, 5.74) is 6.90. The molecule has 140 valence electrons. The number of nitrogens with two attached hydrogens (primary N) is 1. The summed E-state index contributed by atoms with van der Waals surface area (Å²) in [7, 11) is 1.57. The van der Waals surface area contributed by atoms with E-state index in [-0.39, 0.29) is 24.2 Å². The van der Waals surface area contributed by atoms with Crippen molar-refractivity contribution in [3.8, 4) is 5.75 Å². The fourth-order valence-electron chi connectivity index (χ4n) is 2.89. The van der Waals surface area contributed by atoms with Crippen LogP contribution in [0.25, 0.3) is 0 Å². The van der Waals surface area contributed by atoms with Crippen LogP contribution in [-0.2, 0) is 9.59 Å². The van der Waals surface area contributed by atoms with Gasteiger partial charge in [0.05, 0.1) is 12.8 Å². The summed E-state index contributed by atoms with van der Waals surface area (Å²) < 4.78 is 5.40. The number of hydrogen-bond acceptors (Lipinski definition) is 4. The highest BCUT2D eigenvalue weighted by Crippen LogP contribution is 2.33. The average Bonchev–Trinajstić information content (AvgIpc) is 3.00. The SMILES string of the molecule is COc1cc(NC(=O)CCCCCCN)ccc1N1CCCC1=O.Cl. The van der Waals surface area contributed by atoms with Crippen LogP contribution in [0.5, 0.6) is 5.75 Å². The summed E-state index contributed by atoms with van der Waals surface area (Å²) in [6.45, 7) is 1.42. The van der Waals surface area contributed by atoms with Gasteiger partial charge in [0.25, 0.3) is 0 Å². The first-order chi connectivity index (χ1) is 11.7. The second-order valence-corrected chi connectivity index (χ2v) is 6.04. The zero-order chi connectivity index (χ0) is 17.4. The van der Waals surface area contributed by atoms with Crippen LogP contribution in [0.2, 0.25) is 0 Å². The Hall–Kier alpha value is -1.79. The lowest BCUT2D eigenvalue weighted by atomic mass is 10.1. The largest absolute Gasteiger partial charge is 0.494 e. The van der Waals surface area contributed by atoms with Gasteiger partial charge in [-0.2, -0.15) is 0 Å². The Morgan fingerprint density at radius 2 is 2.04 bits per heavy atom. The monoisotopic (exact) mass is 369 g/mol. The summed E-state index contributed by atoms with van der Waals surface area (Å²) in [5.74, 6) is 0.711. The number of benzene rings is 1. The molecule has 0 unspecified atom stereocenters. The van der Waals surface area contributed by atoms with Gasteiger partial charge in [-0.25, -0.2) is 0 Å². The van der Waals surface area contributed by atoms with Gasteiger partial charge in [0, 0.05) is 31.1 Å². The van der Waals surface area contributed by atoms with E-state index in [0.29, 0.717) is 37.4 Å². The first kappa shape index (κ1) is 21.3. The molecule has 1 aromatic carbocycles. The molecule has 1 aliphatic rings. The molecule has 0 bridgehead atoms. The Labute approximate surface area is 155 Å². The van der Waals surface area contributed by atoms with E-state index in [1.54, 1.807) is 18.1 Å². The molecule has 1 fully saturated rings. The number of halogens is 1. The molecule has 0 aromatic heterocycles. The fraction of sp³-hybridized carbons (Fsp3) is 0.556. The van der Waals surface area contributed by atoms with Crippen LogP contribution >= 0.6 is 12.4 Å². The molecular formula is C18H28ClN3O3. The maximum absolute atomic E-state index is 12.0. The van der Waals surface area contributed by atoms with Crippen molar-refractivity contribution in [3.63, 3.8) is 0 Å². The lowest BCUT2D eigenvalue weighted by molar-refractivity contribution is -0.117. The molecule has 0 spiro atoms. The Bertz CT molecular complexity index is 581. The minimum Gasteiger partial charge on any atom is -0.494 e. The van der Waals surface area contributed by atoms with Gasteiger partial charge in [0.1, 0.15) is 5.75 Å².